The summed E-state index contributed by atoms with van der Waals surface area (Å²) in [4.78, 5) is 24.5. The maximum Gasteiger partial charge on any atom is 0.315 e. The molecular formula is C17H16Cl2N6O. The van der Waals surface area contributed by atoms with Gasteiger partial charge in [-0.2, -0.15) is 0 Å². The van der Waals surface area contributed by atoms with Gasteiger partial charge in [-0.1, -0.05) is 29.3 Å². The van der Waals surface area contributed by atoms with Crippen LogP contribution < -0.4 is 10.6 Å². The topological polar surface area (TPSA) is 84.7 Å². The molecule has 0 aliphatic rings. The monoisotopic (exact) mass is 390 g/mol. The minimum absolute atomic E-state index is 0.269. The number of rotatable bonds is 6. The van der Waals surface area contributed by atoms with Crippen molar-refractivity contribution in [2.45, 2.75) is 13.0 Å². The maximum atomic E-state index is 11.9. The van der Waals surface area contributed by atoms with E-state index in [1.54, 1.807) is 47.8 Å². The van der Waals surface area contributed by atoms with Crippen molar-refractivity contribution in [1.29, 1.82) is 0 Å². The molecule has 2 amide bonds. The van der Waals surface area contributed by atoms with E-state index in [9.17, 15) is 4.79 Å². The van der Waals surface area contributed by atoms with Crippen molar-refractivity contribution in [1.82, 2.24) is 30.2 Å². The lowest BCUT2D eigenvalue weighted by atomic mass is 10.2. The standard InChI is InChI=1S/C17H16Cl2N6O/c18-14-2-1-12(7-15(14)19)8-23-17(26)22-4-3-13-9-21-10-16(24-13)25-6-5-20-11-25/h1-2,5-7,9-11H,3-4,8H2,(H2,22,23,26). The van der Waals surface area contributed by atoms with Crippen LogP contribution in [0.25, 0.3) is 5.82 Å². The van der Waals surface area contributed by atoms with Crippen LogP contribution in [0.3, 0.4) is 0 Å². The summed E-state index contributed by atoms with van der Waals surface area (Å²) in [5.74, 6) is 0.684. The highest BCUT2D eigenvalue weighted by Crippen LogP contribution is 2.22. The van der Waals surface area contributed by atoms with E-state index < -0.39 is 0 Å². The molecule has 0 fully saturated rings. The van der Waals surface area contributed by atoms with Crippen LogP contribution in [0.2, 0.25) is 10.0 Å². The quantitative estimate of drug-likeness (QED) is 0.677. The summed E-state index contributed by atoms with van der Waals surface area (Å²) in [5, 5.41) is 6.50. The first-order valence-electron chi connectivity index (χ1n) is 7.87. The SMILES string of the molecule is O=C(NCCc1cncc(-n2ccnc2)n1)NCc1ccc(Cl)c(Cl)c1. The number of carbonyl (C=O) groups is 1. The summed E-state index contributed by atoms with van der Waals surface area (Å²) in [6.07, 6.45) is 9.02. The summed E-state index contributed by atoms with van der Waals surface area (Å²) in [6, 6.07) is 4.97. The first kappa shape index (κ1) is 18.2. The van der Waals surface area contributed by atoms with Gasteiger partial charge in [-0.05, 0) is 17.7 Å². The molecular weight excluding hydrogens is 375 g/mol. The Bertz CT molecular complexity index is 885. The number of aromatic nitrogens is 4. The lowest BCUT2D eigenvalue weighted by molar-refractivity contribution is 0.240. The molecule has 7 nitrogen and oxygen atoms in total. The normalized spacial score (nSPS) is 10.5. The van der Waals surface area contributed by atoms with Crippen LogP contribution in [0.4, 0.5) is 4.79 Å². The summed E-state index contributed by atoms with van der Waals surface area (Å²) < 4.78 is 1.77. The van der Waals surface area contributed by atoms with Crippen molar-refractivity contribution in [2.24, 2.45) is 0 Å². The number of imidazole rings is 1. The average Bonchev–Trinajstić information content (AvgIpc) is 3.18. The second-order valence-electron chi connectivity index (χ2n) is 5.45. The highest BCUT2D eigenvalue weighted by Gasteiger charge is 2.05. The first-order valence-corrected chi connectivity index (χ1v) is 8.62. The lowest BCUT2D eigenvalue weighted by Gasteiger charge is -2.09. The molecule has 2 aromatic heterocycles. The number of halogens is 2. The van der Waals surface area contributed by atoms with Crippen molar-refractivity contribution in [3.8, 4) is 5.82 Å². The van der Waals surface area contributed by atoms with Gasteiger partial charge in [0.1, 0.15) is 6.33 Å². The Labute approximate surface area is 160 Å². The van der Waals surface area contributed by atoms with Gasteiger partial charge in [-0.3, -0.25) is 9.55 Å². The molecule has 3 aromatic rings. The Morgan fingerprint density at radius 2 is 2.00 bits per heavy atom. The van der Waals surface area contributed by atoms with Gasteiger partial charge in [0.15, 0.2) is 5.82 Å². The third kappa shape index (κ3) is 4.93. The number of carbonyl (C=O) groups excluding carboxylic acids is 1. The minimum Gasteiger partial charge on any atom is -0.338 e. The van der Waals surface area contributed by atoms with Crippen LogP contribution >= 0.6 is 23.2 Å². The number of hydrogen-bond donors (Lipinski definition) is 2. The molecule has 2 N–H and O–H groups in total. The Balaban J connectivity index is 1.45. The molecule has 0 aliphatic carbocycles. The van der Waals surface area contributed by atoms with E-state index in [4.69, 9.17) is 23.2 Å². The van der Waals surface area contributed by atoms with Gasteiger partial charge in [-0.25, -0.2) is 14.8 Å². The van der Waals surface area contributed by atoms with E-state index in [1.807, 2.05) is 6.07 Å². The zero-order valence-corrected chi connectivity index (χ0v) is 15.2. The van der Waals surface area contributed by atoms with Gasteiger partial charge < -0.3 is 10.6 Å². The van der Waals surface area contributed by atoms with E-state index in [2.05, 4.69) is 25.6 Å². The Morgan fingerprint density at radius 1 is 1.12 bits per heavy atom. The van der Waals surface area contributed by atoms with Gasteiger partial charge in [0.05, 0.1) is 21.9 Å². The molecule has 0 bridgehead atoms. The summed E-state index contributed by atoms with van der Waals surface area (Å²) >= 11 is 11.8. The van der Waals surface area contributed by atoms with Gasteiger partial charge in [0.2, 0.25) is 0 Å². The number of urea groups is 1. The summed E-state index contributed by atoms with van der Waals surface area (Å²) in [5.41, 5.74) is 1.65. The molecule has 134 valence electrons. The Hall–Kier alpha value is -2.64. The van der Waals surface area contributed by atoms with Crippen molar-refractivity contribution in [2.75, 3.05) is 6.54 Å². The predicted octanol–water partition coefficient (Wildman–Crippen LogP) is 3.01. The van der Waals surface area contributed by atoms with Gasteiger partial charge >= 0.3 is 6.03 Å². The molecule has 0 aliphatic heterocycles. The van der Waals surface area contributed by atoms with E-state index in [1.165, 1.54) is 0 Å². The number of benzene rings is 1. The fraction of sp³-hybridized carbons (Fsp3) is 0.176. The van der Waals surface area contributed by atoms with Crippen LogP contribution in [0.15, 0.2) is 49.3 Å². The molecule has 3 rings (SSSR count). The number of nitrogens with one attached hydrogen (secondary N) is 2. The fourth-order valence-electron chi connectivity index (χ4n) is 2.23. The zero-order valence-electron chi connectivity index (χ0n) is 13.7. The highest BCUT2D eigenvalue weighted by atomic mass is 35.5. The number of hydrogen-bond acceptors (Lipinski definition) is 4. The number of amides is 2. The second-order valence-corrected chi connectivity index (χ2v) is 6.26. The van der Waals surface area contributed by atoms with Crippen LogP contribution in [0.5, 0.6) is 0 Å². The van der Waals surface area contributed by atoms with Crippen LogP contribution in [0.1, 0.15) is 11.3 Å². The Morgan fingerprint density at radius 3 is 2.77 bits per heavy atom. The molecule has 9 heteroatoms. The van der Waals surface area contributed by atoms with E-state index >= 15 is 0 Å². The minimum atomic E-state index is -0.269. The largest absolute Gasteiger partial charge is 0.338 e. The first-order chi connectivity index (χ1) is 12.6. The molecule has 0 spiro atoms. The molecule has 0 atom stereocenters. The van der Waals surface area contributed by atoms with Gasteiger partial charge in [0.25, 0.3) is 0 Å². The smallest absolute Gasteiger partial charge is 0.315 e. The van der Waals surface area contributed by atoms with Crippen molar-refractivity contribution < 1.29 is 4.79 Å². The van der Waals surface area contributed by atoms with Crippen LogP contribution in [0, 0.1) is 0 Å². The predicted molar refractivity (Wildman–Crippen MR) is 99.6 cm³/mol. The average molecular weight is 391 g/mol. The molecule has 26 heavy (non-hydrogen) atoms. The third-order valence-electron chi connectivity index (χ3n) is 3.54. The Kier molecular flexibility index (Phi) is 6.04. The lowest BCUT2D eigenvalue weighted by Crippen LogP contribution is -2.36. The third-order valence-corrected chi connectivity index (χ3v) is 4.28. The zero-order chi connectivity index (χ0) is 18.4. The molecule has 0 radical (unpaired) electrons. The molecule has 2 heterocycles. The van der Waals surface area contributed by atoms with E-state index in [0.29, 0.717) is 35.4 Å². The summed E-state index contributed by atoms with van der Waals surface area (Å²) in [7, 11) is 0. The van der Waals surface area contributed by atoms with Crippen molar-refractivity contribution in [3.63, 3.8) is 0 Å². The number of nitrogens with zero attached hydrogens (tertiary/aromatic N) is 4. The highest BCUT2D eigenvalue weighted by molar-refractivity contribution is 6.42. The van der Waals surface area contributed by atoms with Crippen molar-refractivity contribution >= 4 is 29.2 Å². The van der Waals surface area contributed by atoms with E-state index in [0.717, 1.165) is 11.3 Å². The van der Waals surface area contributed by atoms with E-state index in [-0.39, 0.29) is 6.03 Å². The molecule has 0 saturated carbocycles. The summed E-state index contributed by atoms with van der Waals surface area (Å²) in [6.45, 7) is 0.800. The fourth-order valence-corrected chi connectivity index (χ4v) is 2.55. The second kappa shape index (κ2) is 8.64. The maximum absolute atomic E-state index is 11.9. The van der Waals surface area contributed by atoms with Gasteiger partial charge in [-0.15, -0.1) is 0 Å². The molecule has 0 saturated heterocycles. The van der Waals surface area contributed by atoms with Gasteiger partial charge in [0, 0.05) is 38.1 Å². The molecule has 1 aromatic carbocycles. The molecule has 0 unspecified atom stereocenters. The van der Waals surface area contributed by atoms with Crippen molar-refractivity contribution in [3.05, 3.63) is 70.6 Å². The van der Waals surface area contributed by atoms with Crippen LogP contribution in [-0.4, -0.2) is 32.1 Å². The van der Waals surface area contributed by atoms with Crippen LogP contribution in [-0.2, 0) is 13.0 Å².